The van der Waals surface area contributed by atoms with E-state index in [0.717, 1.165) is 28.9 Å². The van der Waals surface area contributed by atoms with E-state index in [0.29, 0.717) is 42.7 Å². The Kier molecular flexibility index (Phi) is 8.20. The minimum absolute atomic E-state index is 0.0807. The average Bonchev–Trinajstić information content (AvgIpc) is 3.24. The molecule has 182 valence electrons. The number of hydrogen-bond acceptors (Lipinski definition) is 8. The second-order valence-electron chi connectivity index (χ2n) is 7.92. The summed E-state index contributed by atoms with van der Waals surface area (Å²) in [4.78, 5) is 22.8. The first kappa shape index (κ1) is 25.1. The molecule has 4 rings (SSSR count). The summed E-state index contributed by atoms with van der Waals surface area (Å²) in [5.41, 5.74) is 0.398. The number of thioether (sulfide) groups is 1. The van der Waals surface area contributed by atoms with Crippen molar-refractivity contribution < 1.29 is 22.3 Å². The molecule has 1 aliphatic rings. The van der Waals surface area contributed by atoms with E-state index >= 15 is 0 Å². The van der Waals surface area contributed by atoms with Crippen LogP contribution in [0.1, 0.15) is 6.42 Å². The zero-order valence-electron chi connectivity index (χ0n) is 18.8. The predicted molar refractivity (Wildman–Crippen MR) is 134 cm³/mol. The second-order valence-corrected chi connectivity index (χ2v) is 12.1. The van der Waals surface area contributed by atoms with Gasteiger partial charge in [0.2, 0.25) is 5.91 Å². The van der Waals surface area contributed by atoms with Gasteiger partial charge in [-0.15, -0.1) is 11.8 Å². The molecule has 1 amide bonds. The fourth-order valence-electron chi connectivity index (χ4n) is 3.64. The van der Waals surface area contributed by atoms with E-state index in [1.807, 2.05) is 6.07 Å². The van der Waals surface area contributed by atoms with Crippen LogP contribution in [0.15, 0.2) is 52.3 Å². The monoisotopic (exact) mass is 523 g/mol. The van der Waals surface area contributed by atoms with Crippen molar-refractivity contribution in [2.24, 2.45) is 0 Å². The first-order valence-corrected chi connectivity index (χ1v) is 14.6. The number of fused-ring (bicyclic) bond motifs is 1. The molecule has 0 N–H and O–H groups in total. The third kappa shape index (κ3) is 6.33. The number of nitrogens with zero attached hydrogens (tertiary/aromatic N) is 3. The van der Waals surface area contributed by atoms with Crippen molar-refractivity contribution in [1.29, 1.82) is 0 Å². The Morgan fingerprint density at radius 1 is 1.21 bits per heavy atom. The van der Waals surface area contributed by atoms with Gasteiger partial charge in [-0.1, -0.05) is 17.4 Å². The highest BCUT2D eigenvalue weighted by atomic mass is 32.2. The summed E-state index contributed by atoms with van der Waals surface area (Å²) < 4.78 is 43.7. The van der Waals surface area contributed by atoms with Crippen LogP contribution in [-0.2, 0) is 19.4 Å². The standard InChI is InChI=1S/C23H26FN3O4S3/c1-34(29,30)20-4-2-3-19-22(20)25-23(33-19)27(11-10-26-12-14-31-15-13-26)21(28)9-16-32-18-7-5-17(24)6-8-18/h2-8H,9-16H2,1H3. The molecular weight excluding hydrogens is 497 g/mol. The van der Waals surface area contributed by atoms with Gasteiger partial charge in [-0.05, 0) is 36.4 Å². The van der Waals surface area contributed by atoms with Crippen LogP contribution in [0.4, 0.5) is 9.52 Å². The maximum Gasteiger partial charge on any atom is 0.229 e. The Balaban J connectivity index is 1.53. The quantitative estimate of drug-likeness (QED) is 0.396. The number of anilines is 1. The Labute approximate surface area is 206 Å². The lowest BCUT2D eigenvalue weighted by Gasteiger charge is -2.29. The zero-order valence-corrected chi connectivity index (χ0v) is 21.2. The van der Waals surface area contributed by atoms with Crippen LogP contribution >= 0.6 is 23.1 Å². The summed E-state index contributed by atoms with van der Waals surface area (Å²) in [5, 5.41) is 0.496. The number of benzene rings is 2. The van der Waals surface area contributed by atoms with Gasteiger partial charge in [0.15, 0.2) is 15.0 Å². The molecule has 2 heterocycles. The summed E-state index contributed by atoms with van der Waals surface area (Å²) in [5.74, 6) is 0.166. The van der Waals surface area contributed by atoms with Gasteiger partial charge in [0.1, 0.15) is 11.3 Å². The highest BCUT2D eigenvalue weighted by molar-refractivity contribution is 7.99. The molecule has 1 aliphatic heterocycles. The molecule has 34 heavy (non-hydrogen) atoms. The molecule has 0 unspecified atom stereocenters. The Bertz CT molecular complexity index is 1240. The summed E-state index contributed by atoms with van der Waals surface area (Å²) in [6.07, 6.45) is 1.44. The molecule has 1 aromatic heterocycles. The molecule has 0 aliphatic carbocycles. The summed E-state index contributed by atoms with van der Waals surface area (Å²) in [6.45, 7) is 4.08. The van der Waals surface area contributed by atoms with Crippen molar-refractivity contribution in [3.05, 3.63) is 48.3 Å². The number of thiazole rings is 1. The third-order valence-corrected chi connectivity index (χ3v) is 8.63. The highest BCUT2D eigenvalue weighted by Crippen LogP contribution is 2.33. The van der Waals surface area contributed by atoms with Gasteiger partial charge < -0.3 is 4.74 Å². The maximum absolute atomic E-state index is 13.3. The first-order chi connectivity index (χ1) is 16.3. The number of halogens is 1. The molecule has 0 radical (unpaired) electrons. The van der Waals surface area contributed by atoms with Gasteiger partial charge in [-0.25, -0.2) is 17.8 Å². The Morgan fingerprint density at radius 3 is 2.65 bits per heavy atom. The number of carbonyl (C=O) groups is 1. The van der Waals surface area contributed by atoms with Gasteiger partial charge >= 0.3 is 0 Å². The average molecular weight is 524 g/mol. The van der Waals surface area contributed by atoms with Crippen LogP contribution in [0.2, 0.25) is 0 Å². The fourth-order valence-corrected chi connectivity index (χ4v) is 6.42. The smallest absolute Gasteiger partial charge is 0.229 e. The van der Waals surface area contributed by atoms with E-state index in [9.17, 15) is 17.6 Å². The highest BCUT2D eigenvalue weighted by Gasteiger charge is 2.23. The van der Waals surface area contributed by atoms with Crippen molar-refractivity contribution in [1.82, 2.24) is 9.88 Å². The van der Waals surface area contributed by atoms with E-state index in [2.05, 4.69) is 9.88 Å². The summed E-state index contributed by atoms with van der Waals surface area (Å²) >= 11 is 2.81. The largest absolute Gasteiger partial charge is 0.379 e. The molecular formula is C23H26FN3O4S3. The van der Waals surface area contributed by atoms with Gasteiger partial charge in [0.25, 0.3) is 0 Å². The summed E-state index contributed by atoms with van der Waals surface area (Å²) in [7, 11) is -3.45. The lowest BCUT2D eigenvalue weighted by Crippen LogP contribution is -2.43. The van der Waals surface area contributed by atoms with Crippen molar-refractivity contribution in [2.75, 3.05) is 56.3 Å². The number of morpholine rings is 1. The number of aromatic nitrogens is 1. The lowest BCUT2D eigenvalue weighted by atomic mass is 10.3. The zero-order chi connectivity index (χ0) is 24.1. The van der Waals surface area contributed by atoms with Crippen molar-refractivity contribution in [2.45, 2.75) is 16.2 Å². The van der Waals surface area contributed by atoms with Crippen molar-refractivity contribution in [3.63, 3.8) is 0 Å². The van der Waals surface area contributed by atoms with Crippen LogP contribution in [0.25, 0.3) is 10.2 Å². The molecule has 0 bridgehead atoms. The number of sulfone groups is 1. The molecule has 0 spiro atoms. The molecule has 3 aromatic rings. The van der Waals surface area contributed by atoms with Crippen LogP contribution in [0, 0.1) is 5.82 Å². The number of amides is 1. The number of carbonyl (C=O) groups excluding carboxylic acids is 1. The van der Waals surface area contributed by atoms with Crippen LogP contribution < -0.4 is 4.90 Å². The number of rotatable bonds is 9. The van der Waals surface area contributed by atoms with Crippen LogP contribution in [-0.4, -0.2) is 75.6 Å². The SMILES string of the molecule is CS(=O)(=O)c1cccc2sc(N(CCN3CCOCC3)C(=O)CCSc3ccc(F)cc3)nc12. The van der Waals surface area contributed by atoms with Gasteiger partial charge in [-0.2, -0.15) is 0 Å². The Morgan fingerprint density at radius 2 is 1.94 bits per heavy atom. The van der Waals surface area contributed by atoms with Gasteiger partial charge in [0.05, 0.1) is 22.8 Å². The molecule has 1 saturated heterocycles. The lowest BCUT2D eigenvalue weighted by molar-refractivity contribution is -0.118. The Hall–Kier alpha value is -2.05. The van der Waals surface area contributed by atoms with Crippen molar-refractivity contribution >= 4 is 54.2 Å². The number of ether oxygens (including phenoxy) is 1. The number of para-hydroxylation sites is 1. The summed E-state index contributed by atoms with van der Waals surface area (Å²) in [6, 6.07) is 11.3. The van der Waals surface area contributed by atoms with E-state index in [4.69, 9.17) is 4.74 Å². The minimum atomic E-state index is -3.45. The van der Waals surface area contributed by atoms with Crippen LogP contribution in [0.5, 0.6) is 0 Å². The maximum atomic E-state index is 13.3. The van der Waals surface area contributed by atoms with Crippen LogP contribution in [0.3, 0.4) is 0 Å². The fraction of sp³-hybridized carbons (Fsp3) is 0.391. The predicted octanol–water partition coefficient (Wildman–Crippen LogP) is 3.69. The molecule has 2 aromatic carbocycles. The normalized spacial score (nSPS) is 15.0. The first-order valence-electron chi connectivity index (χ1n) is 10.9. The van der Waals surface area contributed by atoms with Crippen molar-refractivity contribution in [3.8, 4) is 0 Å². The van der Waals surface area contributed by atoms with E-state index in [1.165, 1.54) is 35.2 Å². The van der Waals surface area contributed by atoms with E-state index in [1.54, 1.807) is 29.2 Å². The molecule has 1 fully saturated rings. The second kappa shape index (κ2) is 11.1. The molecule has 0 atom stereocenters. The molecule has 11 heteroatoms. The molecule has 7 nitrogen and oxygen atoms in total. The minimum Gasteiger partial charge on any atom is -0.379 e. The van der Waals surface area contributed by atoms with Gasteiger partial charge in [-0.3, -0.25) is 14.6 Å². The van der Waals surface area contributed by atoms with Gasteiger partial charge in [0, 0.05) is 49.5 Å². The number of hydrogen-bond donors (Lipinski definition) is 0. The third-order valence-electron chi connectivity index (χ3n) is 5.44. The topological polar surface area (TPSA) is 79.8 Å². The van der Waals surface area contributed by atoms with E-state index < -0.39 is 9.84 Å². The van der Waals surface area contributed by atoms with E-state index in [-0.39, 0.29) is 23.0 Å². The molecule has 0 saturated carbocycles.